The number of hydrogen-bond acceptors (Lipinski definition) is 1. The molecule has 0 radical (unpaired) electrons. The maximum absolute atomic E-state index is 13.2. The van der Waals surface area contributed by atoms with Crippen molar-refractivity contribution in [3.63, 3.8) is 0 Å². The zero-order valence-electron chi connectivity index (χ0n) is 9.81. The third-order valence-corrected chi connectivity index (χ3v) is 2.65. The molecule has 0 aromatic heterocycles. The second-order valence-corrected chi connectivity index (χ2v) is 4.08. The standard InChI is InChI=1S/C13H20FN/c1-4-15-11(3)6-8-12-7-5-10(2)13(14)9-12/h5,7,9,11,15H,4,6,8H2,1-3H3. The average molecular weight is 209 g/mol. The highest BCUT2D eigenvalue weighted by Crippen LogP contribution is 2.11. The molecule has 0 fully saturated rings. The van der Waals surface area contributed by atoms with Crippen LogP contribution in [0.5, 0.6) is 0 Å². The van der Waals surface area contributed by atoms with Crippen molar-refractivity contribution in [2.24, 2.45) is 0 Å². The molecule has 1 rings (SSSR count). The van der Waals surface area contributed by atoms with Crippen molar-refractivity contribution in [1.29, 1.82) is 0 Å². The Balaban J connectivity index is 2.47. The highest BCUT2D eigenvalue weighted by Gasteiger charge is 2.02. The average Bonchev–Trinajstić information content (AvgIpc) is 2.20. The van der Waals surface area contributed by atoms with Gasteiger partial charge < -0.3 is 5.32 Å². The molecule has 0 saturated heterocycles. The Labute approximate surface area is 91.7 Å². The van der Waals surface area contributed by atoms with Crippen molar-refractivity contribution in [2.75, 3.05) is 6.54 Å². The Bertz CT molecular complexity index is 309. The molecular weight excluding hydrogens is 189 g/mol. The van der Waals surface area contributed by atoms with Gasteiger partial charge in [-0.05, 0) is 50.4 Å². The van der Waals surface area contributed by atoms with Gasteiger partial charge in [0.25, 0.3) is 0 Å². The largest absolute Gasteiger partial charge is 0.315 e. The molecule has 2 heteroatoms. The maximum Gasteiger partial charge on any atom is 0.126 e. The van der Waals surface area contributed by atoms with Gasteiger partial charge in [0.1, 0.15) is 5.82 Å². The van der Waals surface area contributed by atoms with E-state index in [0.717, 1.165) is 30.5 Å². The first kappa shape index (κ1) is 12.2. The Morgan fingerprint density at radius 1 is 1.40 bits per heavy atom. The van der Waals surface area contributed by atoms with E-state index in [0.29, 0.717) is 6.04 Å². The molecule has 1 atom stereocenters. The van der Waals surface area contributed by atoms with E-state index in [1.165, 1.54) is 0 Å². The van der Waals surface area contributed by atoms with E-state index < -0.39 is 0 Å². The molecule has 0 spiro atoms. The molecule has 0 aliphatic heterocycles. The predicted molar refractivity (Wildman–Crippen MR) is 62.6 cm³/mol. The second kappa shape index (κ2) is 5.86. The normalized spacial score (nSPS) is 12.8. The van der Waals surface area contributed by atoms with E-state index in [9.17, 15) is 4.39 Å². The highest BCUT2D eigenvalue weighted by molar-refractivity contribution is 5.23. The zero-order valence-corrected chi connectivity index (χ0v) is 9.81. The van der Waals surface area contributed by atoms with Gasteiger partial charge >= 0.3 is 0 Å². The van der Waals surface area contributed by atoms with E-state index in [-0.39, 0.29) is 5.82 Å². The van der Waals surface area contributed by atoms with Gasteiger partial charge in [-0.3, -0.25) is 0 Å². The van der Waals surface area contributed by atoms with Crippen LogP contribution in [0, 0.1) is 12.7 Å². The van der Waals surface area contributed by atoms with Gasteiger partial charge in [-0.2, -0.15) is 0 Å². The Morgan fingerprint density at radius 2 is 2.13 bits per heavy atom. The molecule has 84 valence electrons. The van der Waals surface area contributed by atoms with Gasteiger partial charge in [0.05, 0.1) is 0 Å². The summed E-state index contributed by atoms with van der Waals surface area (Å²) in [6.45, 7) is 7.04. The van der Waals surface area contributed by atoms with E-state index in [1.54, 1.807) is 13.0 Å². The molecule has 0 aliphatic rings. The summed E-state index contributed by atoms with van der Waals surface area (Å²) in [5.74, 6) is -0.0939. The summed E-state index contributed by atoms with van der Waals surface area (Å²) in [5, 5.41) is 3.35. The molecular formula is C13H20FN. The SMILES string of the molecule is CCNC(C)CCc1ccc(C)c(F)c1. The molecule has 1 aromatic carbocycles. The summed E-state index contributed by atoms with van der Waals surface area (Å²) >= 11 is 0. The monoisotopic (exact) mass is 209 g/mol. The number of rotatable bonds is 5. The lowest BCUT2D eigenvalue weighted by atomic mass is 10.0. The summed E-state index contributed by atoms with van der Waals surface area (Å²) in [7, 11) is 0. The fourth-order valence-corrected chi connectivity index (χ4v) is 1.63. The molecule has 1 aromatic rings. The molecule has 1 nitrogen and oxygen atoms in total. The van der Waals surface area contributed by atoms with Crippen LogP contribution in [0.1, 0.15) is 31.4 Å². The smallest absolute Gasteiger partial charge is 0.126 e. The second-order valence-electron chi connectivity index (χ2n) is 4.08. The number of hydrogen-bond donors (Lipinski definition) is 1. The van der Waals surface area contributed by atoms with Crippen molar-refractivity contribution >= 4 is 0 Å². The van der Waals surface area contributed by atoms with Crippen LogP contribution >= 0.6 is 0 Å². The third kappa shape index (κ3) is 4.00. The minimum absolute atomic E-state index is 0.0939. The lowest BCUT2D eigenvalue weighted by Gasteiger charge is -2.12. The number of halogens is 1. The number of nitrogens with one attached hydrogen (secondary N) is 1. The third-order valence-electron chi connectivity index (χ3n) is 2.65. The molecule has 0 heterocycles. The number of benzene rings is 1. The minimum Gasteiger partial charge on any atom is -0.315 e. The van der Waals surface area contributed by atoms with Gasteiger partial charge in [0, 0.05) is 6.04 Å². The van der Waals surface area contributed by atoms with E-state index in [2.05, 4.69) is 19.2 Å². The maximum atomic E-state index is 13.2. The van der Waals surface area contributed by atoms with Crippen LogP contribution in [0.3, 0.4) is 0 Å². The van der Waals surface area contributed by atoms with E-state index >= 15 is 0 Å². The summed E-state index contributed by atoms with van der Waals surface area (Å²) in [6.07, 6.45) is 1.99. The molecule has 0 bridgehead atoms. The fourth-order valence-electron chi connectivity index (χ4n) is 1.63. The Morgan fingerprint density at radius 3 is 2.73 bits per heavy atom. The van der Waals surface area contributed by atoms with Crippen LogP contribution in [0.15, 0.2) is 18.2 Å². The van der Waals surface area contributed by atoms with Gasteiger partial charge in [0.15, 0.2) is 0 Å². The van der Waals surface area contributed by atoms with Gasteiger partial charge in [0.2, 0.25) is 0 Å². The Hall–Kier alpha value is -0.890. The van der Waals surface area contributed by atoms with Crippen LogP contribution in [-0.4, -0.2) is 12.6 Å². The Kier molecular flexibility index (Phi) is 4.76. The van der Waals surface area contributed by atoms with Crippen LogP contribution in [0.2, 0.25) is 0 Å². The summed E-state index contributed by atoms with van der Waals surface area (Å²) in [5.41, 5.74) is 1.81. The summed E-state index contributed by atoms with van der Waals surface area (Å²) < 4.78 is 13.2. The molecule has 1 N–H and O–H groups in total. The number of aryl methyl sites for hydroxylation is 2. The predicted octanol–water partition coefficient (Wildman–Crippen LogP) is 3.06. The first-order chi connectivity index (χ1) is 7.13. The molecule has 15 heavy (non-hydrogen) atoms. The van der Waals surface area contributed by atoms with Gasteiger partial charge in [-0.15, -0.1) is 0 Å². The molecule has 1 unspecified atom stereocenters. The quantitative estimate of drug-likeness (QED) is 0.786. The highest BCUT2D eigenvalue weighted by atomic mass is 19.1. The van der Waals surface area contributed by atoms with Crippen LogP contribution in [0.25, 0.3) is 0 Å². The van der Waals surface area contributed by atoms with Crippen LogP contribution in [-0.2, 0) is 6.42 Å². The van der Waals surface area contributed by atoms with Crippen LogP contribution < -0.4 is 5.32 Å². The van der Waals surface area contributed by atoms with Gasteiger partial charge in [-0.1, -0.05) is 19.1 Å². The lowest BCUT2D eigenvalue weighted by Crippen LogP contribution is -2.25. The topological polar surface area (TPSA) is 12.0 Å². The molecule has 0 saturated carbocycles. The molecule has 0 amide bonds. The first-order valence-electron chi connectivity index (χ1n) is 5.62. The first-order valence-corrected chi connectivity index (χ1v) is 5.62. The van der Waals surface area contributed by atoms with Crippen molar-refractivity contribution in [2.45, 2.75) is 39.7 Å². The van der Waals surface area contributed by atoms with E-state index in [1.807, 2.05) is 12.1 Å². The minimum atomic E-state index is -0.0939. The van der Waals surface area contributed by atoms with Crippen molar-refractivity contribution in [3.05, 3.63) is 35.1 Å². The van der Waals surface area contributed by atoms with E-state index in [4.69, 9.17) is 0 Å². The van der Waals surface area contributed by atoms with Crippen LogP contribution in [0.4, 0.5) is 4.39 Å². The van der Waals surface area contributed by atoms with Crippen molar-refractivity contribution in [1.82, 2.24) is 5.32 Å². The zero-order chi connectivity index (χ0) is 11.3. The fraction of sp³-hybridized carbons (Fsp3) is 0.538. The lowest BCUT2D eigenvalue weighted by molar-refractivity contribution is 0.529. The molecule has 0 aliphatic carbocycles. The van der Waals surface area contributed by atoms with Crippen molar-refractivity contribution in [3.8, 4) is 0 Å². The van der Waals surface area contributed by atoms with Gasteiger partial charge in [-0.25, -0.2) is 4.39 Å². The van der Waals surface area contributed by atoms with Crippen molar-refractivity contribution < 1.29 is 4.39 Å². The summed E-state index contributed by atoms with van der Waals surface area (Å²) in [4.78, 5) is 0. The summed E-state index contributed by atoms with van der Waals surface area (Å²) in [6, 6.07) is 6.01.